The van der Waals surface area contributed by atoms with Crippen LogP contribution in [0.1, 0.15) is 50.8 Å². The fraction of sp³-hybridized carbons (Fsp3) is 0.440. The van der Waals surface area contributed by atoms with Crippen LogP contribution in [0.15, 0.2) is 36.4 Å². The van der Waals surface area contributed by atoms with Crippen molar-refractivity contribution >= 4 is 35.0 Å². The molecule has 0 spiro atoms. The van der Waals surface area contributed by atoms with Gasteiger partial charge in [0.2, 0.25) is 5.91 Å². The second kappa shape index (κ2) is 11.1. The molecular weight excluding hydrogens is 447 g/mol. The standard InChI is InChI=1S/C25H32Cl2N2O3/c1-7-21(24(31)28-25(4,5)6)29(14-18-11-12-19(26)20(27)13-18)23(30)15-32-22-10-8-9-16(2)17(22)3/h8-13,21H,7,14-15H2,1-6H3,(H,28,31)/t21-/m0/s1. The lowest BCUT2D eigenvalue weighted by Crippen LogP contribution is -2.54. The van der Waals surface area contributed by atoms with Crippen LogP contribution in [-0.4, -0.2) is 34.9 Å². The highest BCUT2D eigenvalue weighted by Crippen LogP contribution is 2.25. The van der Waals surface area contributed by atoms with Gasteiger partial charge < -0.3 is 15.0 Å². The zero-order chi connectivity index (χ0) is 24.1. The van der Waals surface area contributed by atoms with Crippen molar-refractivity contribution in [3.63, 3.8) is 0 Å². The third-order valence-electron chi connectivity index (χ3n) is 5.13. The highest BCUT2D eigenvalue weighted by atomic mass is 35.5. The van der Waals surface area contributed by atoms with Crippen LogP contribution in [0.5, 0.6) is 5.75 Å². The summed E-state index contributed by atoms with van der Waals surface area (Å²) in [5, 5.41) is 3.81. The molecule has 7 heteroatoms. The lowest BCUT2D eigenvalue weighted by Gasteiger charge is -2.33. The summed E-state index contributed by atoms with van der Waals surface area (Å²) in [6, 6.07) is 10.3. The van der Waals surface area contributed by atoms with Crippen molar-refractivity contribution in [2.45, 2.75) is 66.1 Å². The molecule has 1 N–H and O–H groups in total. The molecule has 0 aliphatic heterocycles. The van der Waals surface area contributed by atoms with Gasteiger partial charge in [0.15, 0.2) is 6.61 Å². The Morgan fingerprint density at radius 3 is 2.38 bits per heavy atom. The molecule has 0 heterocycles. The molecule has 0 saturated heterocycles. The minimum Gasteiger partial charge on any atom is -0.483 e. The van der Waals surface area contributed by atoms with Gasteiger partial charge >= 0.3 is 0 Å². The van der Waals surface area contributed by atoms with Crippen molar-refractivity contribution in [2.75, 3.05) is 6.61 Å². The topological polar surface area (TPSA) is 58.6 Å². The van der Waals surface area contributed by atoms with Crippen molar-refractivity contribution in [3.05, 3.63) is 63.1 Å². The lowest BCUT2D eigenvalue weighted by atomic mass is 10.1. The van der Waals surface area contributed by atoms with Gasteiger partial charge in [0, 0.05) is 12.1 Å². The molecule has 0 bridgehead atoms. The maximum absolute atomic E-state index is 13.3. The molecule has 0 aliphatic rings. The van der Waals surface area contributed by atoms with E-state index in [2.05, 4.69) is 5.32 Å². The first-order valence-electron chi connectivity index (χ1n) is 10.7. The number of nitrogens with zero attached hydrogens (tertiary/aromatic N) is 1. The Balaban J connectivity index is 2.30. The van der Waals surface area contributed by atoms with Gasteiger partial charge in [-0.1, -0.05) is 48.3 Å². The van der Waals surface area contributed by atoms with Crippen LogP contribution < -0.4 is 10.1 Å². The number of carbonyl (C=O) groups is 2. The number of benzene rings is 2. The summed E-state index contributed by atoms with van der Waals surface area (Å²) in [5.74, 6) is 0.160. The summed E-state index contributed by atoms with van der Waals surface area (Å²) in [4.78, 5) is 27.9. The number of ether oxygens (including phenoxy) is 1. The zero-order valence-corrected chi connectivity index (χ0v) is 21.1. The summed E-state index contributed by atoms with van der Waals surface area (Å²) in [6.45, 7) is 11.6. The predicted octanol–water partition coefficient (Wildman–Crippen LogP) is 5.71. The van der Waals surface area contributed by atoms with E-state index in [1.54, 1.807) is 23.1 Å². The normalized spacial score (nSPS) is 12.2. The third-order valence-corrected chi connectivity index (χ3v) is 5.87. The van der Waals surface area contributed by atoms with Crippen LogP contribution >= 0.6 is 23.2 Å². The Morgan fingerprint density at radius 1 is 1.09 bits per heavy atom. The van der Waals surface area contributed by atoms with E-state index in [4.69, 9.17) is 27.9 Å². The van der Waals surface area contributed by atoms with Crippen LogP contribution in [0, 0.1) is 13.8 Å². The van der Waals surface area contributed by atoms with Gasteiger partial charge in [0.05, 0.1) is 10.0 Å². The highest BCUT2D eigenvalue weighted by Gasteiger charge is 2.31. The van der Waals surface area contributed by atoms with Crippen molar-refractivity contribution in [2.24, 2.45) is 0 Å². The van der Waals surface area contributed by atoms with Crippen molar-refractivity contribution in [1.82, 2.24) is 10.2 Å². The van der Waals surface area contributed by atoms with Gasteiger partial charge in [0.25, 0.3) is 5.91 Å². The minimum absolute atomic E-state index is 0.176. The van der Waals surface area contributed by atoms with Gasteiger partial charge in [-0.15, -0.1) is 0 Å². The first kappa shape index (κ1) is 26.0. The third kappa shape index (κ3) is 7.14. The number of amides is 2. The van der Waals surface area contributed by atoms with Gasteiger partial charge in [-0.05, 0) is 75.9 Å². The Kier molecular flexibility index (Phi) is 8.99. The molecule has 2 aromatic rings. The Hall–Kier alpha value is -2.24. The average molecular weight is 479 g/mol. The Labute approximate surface area is 201 Å². The van der Waals surface area contributed by atoms with E-state index in [9.17, 15) is 9.59 Å². The molecule has 0 unspecified atom stereocenters. The summed E-state index contributed by atoms with van der Waals surface area (Å²) in [5.41, 5.74) is 2.42. The van der Waals surface area contributed by atoms with Gasteiger partial charge in [-0.3, -0.25) is 9.59 Å². The zero-order valence-electron chi connectivity index (χ0n) is 19.6. The molecule has 0 fully saturated rings. The number of rotatable bonds is 8. The molecule has 5 nitrogen and oxygen atoms in total. The Bertz CT molecular complexity index is 970. The number of nitrogens with one attached hydrogen (secondary N) is 1. The summed E-state index contributed by atoms with van der Waals surface area (Å²) in [6.07, 6.45) is 0.457. The van der Waals surface area contributed by atoms with E-state index < -0.39 is 11.6 Å². The first-order chi connectivity index (χ1) is 14.9. The Morgan fingerprint density at radius 2 is 1.78 bits per heavy atom. The number of aryl methyl sites for hydroxylation is 1. The van der Waals surface area contributed by atoms with Gasteiger partial charge in [-0.2, -0.15) is 0 Å². The fourth-order valence-corrected chi connectivity index (χ4v) is 3.63. The summed E-state index contributed by atoms with van der Waals surface area (Å²) >= 11 is 12.2. The monoisotopic (exact) mass is 478 g/mol. The van der Waals surface area contributed by atoms with Crippen LogP contribution in [0.3, 0.4) is 0 Å². The molecule has 2 rings (SSSR count). The van der Waals surface area contributed by atoms with Crippen molar-refractivity contribution in [3.8, 4) is 5.75 Å². The van der Waals surface area contributed by atoms with E-state index in [-0.39, 0.29) is 25.0 Å². The molecule has 32 heavy (non-hydrogen) atoms. The largest absolute Gasteiger partial charge is 0.483 e. The van der Waals surface area contributed by atoms with Crippen molar-refractivity contribution in [1.29, 1.82) is 0 Å². The van der Waals surface area contributed by atoms with E-state index in [1.165, 1.54) is 0 Å². The van der Waals surface area contributed by atoms with E-state index in [0.29, 0.717) is 22.2 Å². The molecule has 1 atom stereocenters. The molecule has 0 aliphatic carbocycles. The van der Waals surface area contributed by atoms with Gasteiger partial charge in [-0.25, -0.2) is 0 Å². The fourth-order valence-electron chi connectivity index (χ4n) is 3.31. The molecule has 174 valence electrons. The second-order valence-electron chi connectivity index (χ2n) is 8.92. The van der Waals surface area contributed by atoms with E-state index >= 15 is 0 Å². The summed E-state index contributed by atoms with van der Waals surface area (Å²) < 4.78 is 5.85. The average Bonchev–Trinajstić information content (AvgIpc) is 2.70. The van der Waals surface area contributed by atoms with E-state index in [1.807, 2.05) is 59.7 Å². The molecular formula is C25H32Cl2N2O3. The molecule has 0 aromatic heterocycles. The second-order valence-corrected chi connectivity index (χ2v) is 9.73. The molecule has 0 radical (unpaired) electrons. The number of hydrogen-bond acceptors (Lipinski definition) is 3. The SMILES string of the molecule is CC[C@@H](C(=O)NC(C)(C)C)N(Cc1ccc(Cl)c(Cl)c1)C(=O)COc1cccc(C)c1C. The maximum Gasteiger partial charge on any atom is 0.261 e. The molecule has 2 amide bonds. The van der Waals surface area contributed by atoms with Crippen LogP contribution in [0.4, 0.5) is 0 Å². The van der Waals surface area contributed by atoms with Crippen LogP contribution in [0.25, 0.3) is 0 Å². The van der Waals surface area contributed by atoms with Crippen molar-refractivity contribution < 1.29 is 14.3 Å². The number of hydrogen-bond donors (Lipinski definition) is 1. The maximum atomic E-state index is 13.3. The lowest BCUT2D eigenvalue weighted by molar-refractivity contribution is -0.143. The number of halogens is 2. The minimum atomic E-state index is -0.654. The smallest absolute Gasteiger partial charge is 0.261 e. The van der Waals surface area contributed by atoms with Crippen LogP contribution in [0.2, 0.25) is 10.0 Å². The molecule has 2 aromatic carbocycles. The highest BCUT2D eigenvalue weighted by molar-refractivity contribution is 6.42. The van der Waals surface area contributed by atoms with Gasteiger partial charge in [0.1, 0.15) is 11.8 Å². The van der Waals surface area contributed by atoms with Crippen LogP contribution in [-0.2, 0) is 16.1 Å². The summed E-state index contributed by atoms with van der Waals surface area (Å²) in [7, 11) is 0. The van der Waals surface area contributed by atoms with E-state index in [0.717, 1.165) is 16.7 Å². The predicted molar refractivity (Wildman–Crippen MR) is 130 cm³/mol. The first-order valence-corrected chi connectivity index (χ1v) is 11.4. The molecule has 0 saturated carbocycles. The quantitative estimate of drug-likeness (QED) is 0.528. The number of carbonyl (C=O) groups excluding carboxylic acids is 2.